The smallest absolute Gasteiger partial charge is 0.137 e. The summed E-state index contributed by atoms with van der Waals surface area (Å²) in [5.74, 6) is 3.29. The molecule has 6 aliphatic rings. The van der Waals surface area contributed by atoms with E-state index in [1.807, 2.05) is 0 Å². The molecule has 4 bridgehead atoms. The fourth-order valence-electron chi connectivity index (χ4n) is 12.5. The Kier molecular flexibility index (Phi) is 5.51. The number of anilines is 3. The first-order chi connectivity index (χ1) is 25.0. The van der Waals surface area contributed by atoms with Gasteiger partial charge in [0.15, 0.2) is 0 Å². The maximum Gasteiger partial charge on any atom is 0.137 e. The molecule has 13 rings (SSSR count). The summed E-state index contributed by atoms with van der Waals surface area (Å²) in [5.41, 5.74) is 17.1. The van der Waals surface area contributed by atoms with Crippen molar-refractivity contribution in [2.24, 2.45) is 23.7 Å². The first-order valence-electron chi connectivity index (χ1n) is 19.2. The Bertz CT molecular complexity index is 2570. The molecule has 1 spiro atoms. The van der Waals surface area contributed by atoms with Gasteiger partial charge in [0.25, 0.3) is 0 Å². The van der Waals surface area contributed by atoms with Gasteiger partial charge in [-0.1, -0.05) is 98.8 Å². The highest BCUT2D eigenvalue weighted by molar-refractivity contribution is 6.06. The standard InChI is InChI=1S/C49H41NO/c1-48(2)40-13-6-3-10-35(40)39-27-33(19-21-41(39)48)50(34-18-20-37-36-11-5-8-17-45(36)51-46(37)28-34)44-16-9-15-43-47(44)38-12-4-7-14-42(38)49(43)31-23-29-22-30(25-31)26-32(49)24-29/h3-21,27-32H,22-26H2,1-2H3. The molecule has 0 N–H and O–H groups in total. The molecule has 4 saturated carbocycles. The monoisotopic (exact) mass is 659 g/mol. The Balaban J connectivity index is 1.13. The normalized spacial score (nSPS) is 25.7. The summed E-state index contributed by atoms with van der Waals surface area (Å²) in [6.07, 6.45) is 7.01. The largest absolute Gasteiger partial charge is 0.456 e. The molecule has 0 atom stereocenters. The lowest BCUT2D eigenvalue weighted by Gasteiger charge is -2.61. The molecule has 0 aliphatic heterocycles. The van der Waals surface area contributed by atoms with E-state index in [2.05, 4.69) is 146 Å². The average Bonchev–Trinajstić information content (AvgIpc) is 3.75. The number of furan rings is 1. The molecule has 4 fully saturated rings. The molecule has 51 heavy (non-hydrogen) atoms. The van der Waals surface area contributed by atoms with Gasteiger partial charge >= 0.3 is 0 Å². The fourth-order valence-corrected chi connectivity index (χ4v) is 12.5. The van der Waals surface area contributed by atoms with Crippen LogP contribution in [0.25, 0.3) is 44.2 Å². The van der Waals surface area contributed by atoms with E-state index >= 15 is 0 Å². The first-order valence-corrected chi connectivity index (χ1v) is 19.2. The van der Waals surface area contributed by atoms with Crippen LogP contribution in [-0.4, -0.2) is 0 Å². The van der Waals surface area contributed by atoms with Crippen LogP contribution in [-0.2, 0) is 10.8 Å². The fraction of sp³-hybridized carbons (Fsp3) is 0.265. The number of para-hydroxylation sites is 1. The first kappa shape index (κ1) is 28.6. The zero-order chi connectivity index (χ0) is 33.6. The van der Waals surface area contributed by atoms with E-state index in [9.17, 15) is 0 Å². The third-order valence-electron chi connectivity index (χ3n) is 14.2. The Labute approximate surface area is 299 Å². The molecule has 6 aliphatic carbocycles. The second-order valence-corrected chi connectivity index (χ2v) is 16.9. The molecular weight excluding hydrogens is 619 g/mol. The average molecular weight is 660 g/mol. The van der Waals surface area contributed by atoms with Crippen LogP contribution in [0.4, 0.5) is 17.1 Å². The second-order valence-electron chi connectivity index (χ2n) is 16.9. The maximum atomic E-state index is 6.54. The van der Waals surface area contributed by atoms with Crippen LogP contribution in [0.15, 0.2) is 132 Å². The second kappa shape index (κ2) is 9.82. The van der Waals surface area contributed by atoms with Gasteiger partial charge < -0.3 is 9.32 Å². The van der Waals surface area contributed by atoms with Crippen molar-refractivity contribution in [1.82, 2.24) is 0 Å². The quantitative estimate of drug-likeness (QED) is 0.188. The minimum Gasteiger partial charge on any atom is -0.456 e. The summed E-state index contributed by atoms with van der Waals surface area (Å²) in [6, 6.07) is 48.3. The van der Waals surface area contributed by atoms with Crippen molar-refractivity contribution in [3.8, 4) is 22.3 Å². The van der Waals surface area contributed by atoms with Crippen LogP contribution in [0.1, 0.15) is 68.2 Å². The molecule has 2 nitrogen and oxygen atoms in total. The summed E-state index contributed by atoms with van der Waals surface area (Å²) >= 11 is 0. The number of nitrogens with zero attached hydrogens (tertiary/aromatic N) is 1. The molecular formula is C49H41NO. The van der Waals surface area contributed by atoms with E-state index < -0.39 is 0 Å². The highest BCUT2D eigenvalue weighted by Crippen LogP contribution is 2.70. The lowest BCUT2D eigenvalue weighted by Crippen LogP contribution is -2.55. The zero-order valence-corrected chi connectivity index (χ0v) is 29.3. The highest BCUT2D eigenvalue weighted by atomic mass is 16.3. The van der Waals surface area contributed by atoms with Gasteiger partial charge in [-0.3, -0.25) is 0 Å². The van der Waals surface area contributed by atoms with Crippen molar-refractivity contribution in [3.05, 3.63) is 150 Å². The molecule has 0 unspecified atom stereocenters. The van der Waals surface area contributed by atoms with E-state index in [4.69, 9.17) is 4.42 Å². The van der Waals surface area contributed by atoms with E-state index in [1.54, 1.807) is 11.1 Å². The lowest BCUT2D eigenvalue weighted by molar-refractivity contribution is -0.0399. The Morgan fingerprint density at radius 3 is 1.96 bits per heavy atom. The van der Waals surface area contributed by atoms with Crippen LogP contribution in [0.3, 0.4) is 0 Å². The predicted octanol–water partition coefficient (Wildman–Crippen LogP) is 13.1. The number of hydrogen-bond acceptors (Lipinski definition) is 2. The minimum atomic E-state index is -0.0404. The number of fused-ring (bicyclic) bond motifs is 9. The molecule has 1 aromatic heterocycles. The van der Waals surface area contributed by atoms with Crippen LogP contribution in [0, 0.1) is 23.7 Å². The van der Waals surface area contributed by atoms with Gasteiger partial charge in [-0.15, -0.1) is 0 Å². The van der Waals surface area contributed by atoms with Crippen molar-refractivity contribution >= 4 is 39.0 Å². The van der Waals surface area contributed by atoms with Crippen molar-refractivity contribution < 1.29 is 4.42 Å². The van der Waals surface area contributed by atoms with Crippen molar-refractivity contribution in [3.63, 3.8) is 0 Å². The van der Waals surface area contributed by atoms with Crippen molar-refractivity contribution in [1.29, 1.82) is 0 Å². The molecule has 6 aromatic carbocycles. The summed E-state index contributed by atoms with van der Waals surface area (Å²) in [7, 11) is 0. The summed E-state index contributed by atoms with van der Waals surface area (Å²) in [6.45, 7) is 4.74. The number of hydrogen-bond donors (Lipinski definition) is 0. The third kappa shape index (κ3) is 3.59. The topological polar surface area (TPSA) is 16.4 Å². The molecule has 248 valence electrons. The molecule has 0 amide bonds. The van der Waals surface area contributed by atoms with Gasteiger partial charge in [0, 0.05) is 44.6 Å². The maximum absolute atomic E-state index is 6.54. The zero-order valence-electron chi connectivity index (χ0n) is 29.3. The van der Waals surface area contributed by atoms with Crippen LogP contribution < -0.4 is 4.90 Å². The van der Waals surface area contributed by atoms with Gasteiger partial charge in [-0.2, -0.15) is 0 Å². The highest BCUT2D eigenvalue weighted by Gasteiger charge is 2.61. The molecule has 0 saturated heterocycles. The summed E-state index contributed by atoms with van der Waals surface area (Å²) in [5, 5.41) is 2.33. The lowest BCUT2D eigenvalue weighted by atomic mass is 9.43. The molecule has 1 heterocycles. The molecule has 7 aromatic rings. The molecule has 2 heteroatoms. The van der Waals surface area contributed by atoms with Gasteiger partial charge in [0.1, 0.15) is 11.2 Å². The Hall–Kier alpha value is -5.08. The van der Waals surface area contributed by atoms with Gasteiger partial charge in [0.05, 0.1) is 5.69 Å². The van der Waals surface area contributed by atoms with Crippen molar-refractivity contribution in [2.45, 2.75) is 56.8 Å². The van der Waals surface area contributed by atoms with Gasteiger partial charge in [-0.05, 0) is 131 Å². The summed E-state index contributed by atoms with van der Waals surface area (Å²) in [4.78, 5) is 2.55. The predicted molar refractivity (Wildman–Crippen MR) is 209 cm³/mol. The van der Waals surface area contributed by atoms with E-state index in [-0.39, 0.29) is 10.8 Å². The number of rotatable bonds is 3. The van der Waals surface area contributed by atoms with E-state index in [1.165, 1.54) is 82.2 Å². The SMILES string of the molecule is CC1(C)c2ccccc2-c2cc(N(c3ccc4c(c3)oc3ccccc34)c3cccc4c3-c3ccccc3C43C4CC5CC(C4)CC3C5)ccc21. The summed E-state index contributed by atoms with van der Waals surface area (Å²) < 4.78 is 6.54. The van der Waals surface area contributed by atoms with Crippen LogP contribution >= 0.6 is 0 Å². The Morgan fingerprint density at radius 2 is 1.14 bits per heavy atom. The minimum absolute atomic E-state index is 0.0404. The Morgan fingerprint density at radius 1 is 0.510 bits per heavy atom. The van der Waals surface area contributed by atoms with Crippen LogP contribution in [0.5, 0.6) is 0 Å². The number of benzene rings is 6. The van der Waals surface area contributed by atoms with Gasteiger partial charge in [-0.25, -0.2) is 0 Å². The molecule has 0 radical (unpaired) electrons. The van der Waals surface area contributed by atoms with E-state index in [0.29, 0.717) is 0 Å². The van der Waals surface area contributed by atoms with Crippen LogP contribution in [0.2, 0.25) is 0 Å². The van der Waals surface area contributed by atoms with E-state index in [0.717, 1.165) is 45.9 Å². The van der Waals surface area contributed by atoms with Crippen molar-refractivity contribution in [2.75, 3.05) is 4.90 Å². The van der Waals surface area contributed by atoms with Gasteiger partial charge in [0.2, 0.25) is 0 Å². The third-order valence-corrected chi connectivity index (χ3v) is 14.2.